The first-order valence-electron chi connectivity index (χ1n) is 7.72. The lowest BCUT2D eigenvalue weighted by molar-refractivity contribution is -0.118. The molecule has 1 aromatic heterocycles. The molecule has 5 nitrogen and oxygen atoms in total. The molecule has 0 unspecified atom stereocenters. The highest BCUT2D eigenvalue weighted by Gasteiger charge is 2.20. The predicted octanol–water partition coefficient (Wildman–Crippen LogP) is 2.25. The van der Waals surface area contributed by atoms with Crippen molar-refractivity contribution in [3.05, 3.63) is 71.9 Å². The Morgan fingerprint density at radius 2 is 1.71 bits per heavy atom. The lowest BCUT2D eigenvalue weighted by Crippen LogP contribution is -2.36. The van der Waals surface area contributed by atoms with Crippen molar-refractivity contribution in [1.29, 1.82) is 0 Å². The minimum atomic E-state index is -0.531. The number of aromatic nitrogens is 1. The van der Waals surface area contributed by atoms with Crippen LogP contribution in [0.15, 0.2) is 60.7 Å². The van der Waals surface area contributed by atoms with E-state index >= 15 is 0 Å². The minimum absolute atomic E-state index is 0.105. The third-order valence-electron chi connectivity index (χ3n) is 3.95. The molecule has 3 rings (SSSR count). The first kappa shape index (κ1) is 15.8. The normalized spacial score (nSPS) is 10.7. The molecular formula is C19H19N3O2. The number of primary amides is 1. The molecule has 5 heteroatoms. The van der Waals surface area contributed by atoms with E-state index in [1.54, 1.807) is 7.05 Å². The van der Waals surface area contributed by atoms with Crippen molar-refractivity contribution in [3.63, 3.8) is 0 Å². The van der Waals surface area contributed by atoms with Gasteiger partial charge in [0.2, 0.25) is 5.91 Å². The molecule has 0 aliphatic rings. The molecule has 0 atom stereocenters. The second kappa shape index (κ2) is 6.58. The van der Waals surface area contributed by atoms with Gasteiger partial charge in [-0.25, -0.2) is 0 Å². The topological polar surface area (TPSA) is 68.3 Å². The zero-order chi connectivity index (χ0) is 17.1. The fourth-order valence-electron chi connectivity index (χ4n) is 2.83. The number of hydrogen-bond donors (Lipinski definition) is 1. The van der Waals surface area contributed by atoms with Gasteiger partial charge in [0.05, 0.1) is 6.54 Å². The molecular weight excluding hydrogens is 302 g/mol. The van der Waals surface area contributed by atoms with Crippen LogP contribution in [0, 0.1) is 0 Å². The van der Waals surface area contributed by atoms with E-state index in [0.29, 0.717) is 12.2 Å². The van der Waals surface area contributed by atoms with E-state index in [-0.39, 0.29) is 12.5 Å². The Labute approximate surface area is 140 Å². The Bertz CT molecular complexity index is 884. The predicted molar refractivity (Wildman–Crippen MR) is 93.6 cm³/mol. The first-order valence-corrected chi connectivity index (χ1v) is 7.72. The molecule has 24 heavy (non-hydrogen) atoms. The fraction of sp³-hybridized carbons (Fsp3) is 0.158. The number of amides is 2. The van der Waals surface area contributed by atoms with E-state index in [1.807, 2.05) is 65.2 Å². The van der Waals surface area contributed by atoms with Gasteiger partial charge in [-0.15, -0.1) is 0 Å². The van der Waals surface area contributed by atoms with Gasteiger partial charge in [0.1, 0.15) is 5.69 Å². The van der Waals surface area contributed by atoms with Gasteiger partial charge in [0.15, 0.2) is 0 Å². The summed E-state index contributed by atoms with van der Waals surface area (Å²) in [7, 11) is 1.58. The van der Waals surface area contributed by atoms with Crippen LogP contribution in [0.25, 0.3) is 10.9 Å². The Hall–Kier alpha value is -3.08. The van der Waals surface area contributed by atoms with Crippen LogP contribution in [0.3, 0.4) is 0 Å². The molecule has 0 bridgehead atoms. The Morgan fingerprint density at radius 1 is 1.04 bits per heavy atom. The van der Waals surface area contributed by atoms with Crippen LogP contribution in [0.5, 0.6) is 0 Å². The first-order chi connectivity index (χ1) is 11.6. The van der Waals surface area contributed by atoms with Gasteiger partial charge in [-0.05, 0) is 17.7 Å². The summed E-state index contributed by atoms with van der Waals surface area (Å²) in [4.78, 5) is 25.2. The molecule has 1 heterocycles. The second-order valence-electron chi connectivity index (χ2n) is 5.79. The summed E-state index contributed by atoms with van der Waals surface area (Å²) in [6.45, 7) is 0.478. The Morgan fingerprint density at radius 3 is 2.42 bits per heavy atom. The van der Waals surface area contributed by atoms with Gasteiger partial charge in [-0.2, -0.15) is 0 Å². The van der Waals surface area contributed by atoms with Gasteiger partial charge in [0.25, 0.3) is 5.91 Å². The van der Waals surface area contributed by atoms with Crippen molar-refractivity contribution in [2.45, 2.75) is 6.54 Å². The number of nitrogens with two attached hydrogens (primary N) is 1. The van der Waals surface area contributed by atoms with Crippen LogP contribution < -0.4 is 5.73 Å². The van der Waals surface area contributed by atoms with Gasteiger partial charge in [0, 0.05) is 24.5 Å². The van der Waals surface area contributed by atoms with E-state index in [9.17, 15) is 9.59 Å². The average molecular weight is 321 g/mol. The van der Waals surface area contributed by atoms with E-state index in [4.69, 9.17) is 5.73 Å². The highest BCUT2D eigenvalue weighted by molar-refractivity contribution is 6.00. The molecule has 0 saturated carbocycles. The van der Waals surface area contributed by atoms with Gasteiger partial charge in [-0.3, -0.25) is 9.59 Å². The third-order valence-corrected chi connectivity index (χ3v) is 3.95. The van der Waals surface area contributed by atoms with E-state index in [2.05, 4.69) is 0 Å². The summed E-state index contributed by atoms with van der Waals surface area (Å²) in [5.41, 5.74) is 7.84. The highest BCUT2D eigenvalue weighted by Crippen LogP contribution is 2.22. The molecule has 0 aliphatic carbocycles. The number of benzene rings is 2. The number of hydrogen-bond acceptors (Lipinski definition) is 2. The molecule has 0 spiro atoms. The number of rotatable bonds is 5. The van der Waals surface area contributed by atoms with Gasteiger partial charge < -0.3 is 15.2 Å². The van der Waals surface area contributed by atoms with Crippen LogP contribution in [0.2, 0.25) is 0 Å². The van der Waals surface area contributed by atoms with Crippen LogP contribution in [-0.4, -0.2) is 34.9 Å². The summed E-state index contributed by atoms with van der Waals surface area (Å²) in [5, 5.41) is 0.990. The zero-order valence-electron chi connectivity index (χ0n) is 13.5. The Balaban J connectivity index is 2.05. The standard InChI is InChI=1S/C19H19N3O2/c1-21(13-18(20)23)19(24)17-11-15-9-5-6-10-16(15)22(17)12-14-7-3-2-4-8-14/h2-11H,12-13H2,1H3,(H2,20,23). The molecule has 2 N–H and O–H groups in total. The maximum absolute atomic E-state index is 12.8. The van der Waals surface area contributed by atoms with Crippen LogP contribution in [0.1, 0.15) is 16.1 Å². The van der Waals surface area contributed by atoms with Crippen molar-refractivity contribution in [2.75, 3.05) is 13.6 Å². The van der Waals surface area contributed by atoms with Crippen LogP contribution >= 0.6 is 0 Å². The number of fused-ring (bicyclic) bond motifs is 1. The van der Waals surface area contributed by atoms with Crippen LogP contribution in [-0.2, 0) is 11.3 Å². The van der Waals surface area contributed by atoms with E-state index in [1.165, 1.54) is 4.90 Å². The van der Waals surface area contributed by atoms with Crippen molar-refractivity contribution >= 4 is 22.7 Å². The number of nitrogens with zero attached hydrogens (tertiary/aromatic N) is 2. The maximum atomic E-state index is 12.8. The van der Waals surface area contributed by atoms with E-state index in [0.717, 1.165) is 16.5 Å². The highest BCUT2D eigenvalue weighted by atomic mass is 16.2. The van der Waals surface area contributed by atoms with E-state index < -0.39 is 5.91 Å². The smallest absolute Gasteiger partial charge is 0.270 e. The average Bonchev–Trinajstić information content (AvgIpc) is 2.93. The number of para-hydroxylation sites is 1. The molecule has 0 fully saturated rings. The quantitative estimate of drug-likeness (QED) is 0.783. The lowest BCUT2D eigenvalue weighted by Gasteiger charge is -2.17. The Kier molecular flexibility index (Phi) is 4.33. The van der Waals surface area contributed by atoms with Crippen molar-refractivity contribution < 1.29 is 9.59 Å². The van der Waals surface area contributed by atoms with Crippen LogP contribution in [0.4, 0.5) is 0 Å². The monoisotopic (exact) mass is 321 g/mol. The third kappa shape index (κ3) is 3.15. The molecule has 2 amide bonds. The maximum Gasteiger partial charge on any atom is 0.270 e. The summed E-state index contributed by atoms with van der Waals surface area (Å²) >= 11 is 0. The number of carbonyl (C=O) groups excluding carboxylic acids is 2. The molecule has 0 aliphatic heterocycles. The van der Waals surface area contributed by atoms with Crippen molar-refractivity contribution in [1.82, 2.24) is 9.47 Å². The lowest BCUT2D eigenvalue weighted by atomic mass is 10.2. The molecule has 0 saturated heterocycles. The fourth-order valence-corrected chi connectivity index (χ4v) is 2.83. The number of carbonyl (C=O) groups is 2. The summed E-state index contributed by atoms with van der Waals surface area (Å²) in [6.07, 6.45) is 0. The van der Waals surface area contributed by atoms with Gasteiger partial charge in [-0.1, -0.05) is 48.5 Å². The zero-order valence-corrected chi connectivity index (χ0v) is 13.5. The summed E-state index contributed by atoms with van der Waals surface area (Å²) in [5.74, 6) is -0.752. The summed E-state index contributed by atoms with van der Waals surface area (Å²) in [6, 6.07) is 19.7. The second-order valence-corrected chi connectivity index (χ2v) is 5.79. The SMILES string of the molecule is CN(CC(N)=O)C(=O)c1cc2ccccc2n1Cc1ccccc1. The molecule has 3 aromatic rings. The minimum Gasteiger partial charge on any atom is -0.368 e. The van der Waals surface area contributed by atoms with Crippen molar-refractivity contribution in [2.24, 2.45) is 5.73 Å². The summed E-state index contributed by atoms with van der Waals surface area (Å²) < 4.78 is 1.98. The molecule has 122 valence electrons. The largest absolute Gasteiger partial charge is 0.368 e. The number of likely N-dealkylation sites (N-methyl/N-ethyl adjacent to an activating group) is 1. The van der Waals surface area contributed by atoms with Gasteiger partial charge >= 0.3 is 0 Å². The van der Waals surface area contributed by atoms with Crippen molar-refractivity contribution in [3.8, 4) is 0 Å². The molecule has 0 radical (unpaired) electrons. The molecule has 2 aromatic carbocycles.